The number of fused-ring (bicyclic) bond motifs is 4. The summed E-state index contributed by atoms with van der Waals surface area (Å²) in [6, 6.07) is 18.3. The van der Waals surface area contributed by atoms with Gasteiger partial charge in [-0.25, -0.2) is 0 Å². The van der Waals surface area contributed by atoms with E-state index in [1.807, 2.05) is 0 Å². The maximum atomic E-state index is 2.44. The highest BCUT2D eigenvalue weighted by atomic mass is 32.1. The Bertz CT molecular complexity index is 1090. The molecule has 1 heteroatoms. The van der Waals surface area contributed by atoms with Crippen LogP contribution in [0.5, 0.6) is 0 Å². The van der Waals surface area contributed by atoms with E-state index in [2.05, 4.69) is 73.7 Å². The minimum absolute atomic E-state index is 1.25. The Morgan fingerprint density at radius 3 is 2.07 bits per heavy atom. The Hall–Kier alpha value is -1.86. The van der Waals surface area contributed by atoms with Gasteiger partial charge in [0.25, 0.3) is 0 Å². The molecule has 1 heterocycles. The number of rotatable bonds is 10. The van der Waals surface area contributed by atoms with Crippen molar-refractivity contribution in [2.75, 3.05) is 0 Å². The molecule has 0 aliphatic carbocycles. The molecule has 3 aromatic carbocycles. The minimum atomic E-state index is 1.25. The Kier molecular flexibility index (Phi) is 6.87. The number of aryl methyl sites for hydroxylation is 2. The van der Waals surface area contributed by atoms with Gasteiger partial charge >= 0.3 is 0 Å². The van der Waals surface area contributed by atoms with E-state index in [0.29, 0.717) is 0 Å². The van der Waals surface area contributed by atoms with Crippen molar-refractivity contribution in [2.24, 2.45) is 0 Å². The van der Waals surface area contributed by atoms with Crippen LogP contribution in [-0.4, -0.2) is 0 Å². The summed E-state index contributed by atoms with van der Waals surface area (Å²) in [6.45, 7) is 4.60. The fourth-order valence-electron chi connectivity index (χ4n) is 4.63. The Balaban J connectivity index is 1.78. The lowest BCUT2D eigenvalue weighted by Crippen LogP contribution is -1.92. The molecule has 0 spiro atoms. The van der Waals surface area contributed by atoms with Crippen molar-refractivity contribution in [1.82, 2.24) is 0 Å². The average molecular weight is 403 g/mol. The molecule has 0 bridgehead atoms. The lowest BCUT2D eigenvalue weighted by Gasteiger charge is -2.08. The average Bonchev–Trinajstić information content (AvgIpc) is 3.11. The monoisotopic (exact) mass is 402 g/mol. The van der Waals surface area contributed by atoms with E-state index in [9.17, 15) is 0 Å². The van der Waals surface area contributed by atoms with Gasteiger partial charge in [-0.15, -0.1) is 11.3 Å². The highest BCUT2D eigenvalue weighted by Crippen LogP contribution is 2.39. The maximum absolute atomic E-state index is 2.44. The third kappa shape index (κ3) is 4.51. The first kappa shape index (κ1) is 20.4. The summed E-state index contributed by atoms with van der Waals surface area (Å²) in [4.78, 5) is 1.66. The van der Waals surface area contributed by atoms with Gasteiger partial charge in [-0.05, 0) is 71.0 Å². The van der Waals surface area contributed by atoms with Crippen LogP contribution in [0.15, 0.2) is 48.5 Å². The first-order valence-corrected chi connectivity index (χ1v) is 12.5. The summed E-state index contributed by atoms with van der Waals surface area (Å²) in [5, 5.41) is 7.11. The summed E-state index contributed by atoms with van der Waals surface area (Å²) in [5.41, 5.74) is 1.67. The van der Waals surface area contributed by atoms with Crippen molar-refractivity contribution in [3.8, 4) is 0 Å². The fourth-order valence-corrected chi connectivity index (χ4v) is 5.94. The zero-order valence-electron chi connectivity index (χ0n) is 18.1. The van der Waals surface area contributed by atoms with Gasteiger partial charge in [-0.1, -0.05) is 82.7 Å². The largest absolute Gasteiger partial charge is 0.140 e. The lowest BCUT2D eigenvalue weighted by molar-refractivity contribution is 0.656. The molecule has 0 aliphatic heterocycles. The molecular weight excluding hydrogens is 368 g/mol. The SMILES string of the molecule is CCCCCCc1sc2ccc3cc4ccccc4cc3c2c1CCCCCC. The van der Waals surface area contributed by atoms with E-state index in [4.69, 9.17) is 0 Å². The van der Waals surface area contributed by atoms with Crippen LogP contribution >= 0.6 is 11.3 Å². The van der Waals surface area contributed by atoms with Crippen molar-refractivity contribution < 1.29 is 0 Å². The van der Waals surface area contributed by atoms with Crippen LogP contribution in [-0.2, 0) is 12.8 Å². The number of hydrogen-bond acceptors (Lipinski definition) is 1. The molecule has 152 valence electrons. The first-order chi connectivity index (χ1) is 14.3. The highest BCUT2D eigenvalue weighted by molar-refractivity contribution is 7.19. The van der Waals surface area contributed by atoms with E-state index in [1.165, 1.54) is 90.5 Å². The Labute approximate surface area is 179 Å². The van der Waals surface area contributed by atoms with Crippen LogP contribution in [0, 0.1) is 0 Å². The summed E-state index contributed by atoms with van der Waals surface area (Å²) >= 11 is 2.07. The number of hydrogen-bond donors (Lipinski definition) is 0. The van der Waals surface area contributed by atoms with Crippen LogP contribution in [0.4, 0.5) is 0 Å². The van der Waals surface area contributed by atoms with Gasteiger partial charge in [0.2, 0.25) is 0 Å². The molecule has 4 rings (SSSR count). The molecule has 0 saturated heterocycles. The molecule has 0 saturated carbocycles. The second kappa shape index (κ2) is 9.76. The molecular formula is C28H34S. The topological polar surface area (TPSA) is 0 Å². The van der Waals surface area contributed by atoms with Crippen LogP contribution < -0.4 is 0 Å². The van der Waals surface area contributed by atoms with Crippen molar-refractivity contribution >= 4 is 43.0 Å². The predicted molar refractivity (Wildman–Crippen MR) is 133 cm³/mol. The van der Waals surface area contributed by atoms with Crippen LogP contribution in [0.2, 0.25) is 0 Å². The quantitative estimate of drug-likeness (QED) is 0.183. The van der Waals surface area contributed by atoms with Gasteiger partial charge in [-0.2, -0.15) is 0 Å². The van der Waals surface area contributed by atoms with Gasteiger partial charge in [0.05, 0.1) is 0 Å². The summed E-state index contributed by atoms with van der Waals surface area (Å²) in [7, 11) is 0. The van der Waals surface area contributed by atoms with E-state index >= 15 is 0 Å². The summed E-state index contributed by atoms with van der Waals surface area (Å²) in [5.74, 6) is 0. The molecule has 0 nitrogen and oxygen atoms in total. The molecule has 4 aromatic rings. The molecule has 0 N–H and O–H groups in total. The van der Waals surface area contributed by atoms with Gasteiger partial charge < -0.3 is 0 Å². The molecule has 0 amide bonds. The number of thiophene rings is 1. The zero-order chi connectivity index (χ0) is 20.1. The van der Waals surface area contributed by atoms with Gasteiger partial charge in [-0.3, -0.25) is 0 Å². The third-order valence-corrected chi connectivity index (χ3v) is 7.51. The van der Waals surface area contributed by atoms with E-state index in [0.717, 1.165) is 0 Å². The third-order valence-electron chi connectivity index (χ3n) is 6.26. The second-order valence-electron chi connectivity index (χ2n) is 8.48. The van der Waals surface area contributed by atoms with Crippen LogP contribution in [0.1, 0.15) is 75.7 Å². The summed E-state index contributed by atoms with van der Waals surface area (Å²) in [6.07, 6.45) is 13.2. The van der Waals surface area contributed by atoms with Crippen molar-refractivity contribution in [1.29, 1.82) is 0 Å². The Morgan fingerprint density at radius 1 is 0.655 bits per heavy atom. The van der Waals surface area contributed by atoms with Crippen LogP contribution in [0.25, 0.3) is 31.6 Å². The molecule has 1 aromatic heterocycles. The first-order valence-electron chi connectivity index (χ1n) is 11.7. The molecule has 0 unspecified atom stereocenters. The van der Waals surface area contributed by atoms with E-state index in [1.54, 1.807) is 15.8 Å². The van der Waals surface area contributed by atoms with Crippen molar-refractivity contribution in [3.05, 3.63) is 59.0 Å². The number of benzene rings is 3. The second-order valence-corrected chi connectivity index (χ2v) is 9.62. The minimum Gasteiger partial charge on any atom is -0.140 e. The smallest absolute Gasteiger partial charge is 0.0354 e. The number of unbranched alkanes of at least 4 members (excludes halogenated alkanes) is 6. The Morgan fingerprint density at radius 2 is 1.34 bits per heavy atom. The van der Waals surface area contributed by atoms with Crippen molar-refractivity contribution in [3.63, 3.8) is 0 Å². The van der Waals surface area contributed by atoms with E-state index in [-0.39, 0.29) is 0 Å². The van der Waals surface area contributed by atoms with Crippen LogP contribution in [0.3, 0.4) is 0 Å². The maximum Gasteiger partial charge on any atom is 0.0354 e. The highest BCUT2D eigenvalue weighted by Gasteiger charge is 2.15. The normalized spacial score (nSPS) is 11.8. The molecule has 29 heavy (non-hydrogen) atoms. The van der Waals surface area contributed by atoms with Gasteiger partial charge in [0.15, 0.2) is 0 Å². The lowest BCUT2D eigenvalue weighted by atomic mass is 9.95. The predicted octanol–water partition coefficient (Wildman–Crippen LogP) is 9.45. The molecule has 0 fully saturated rings. The van der Waals surface area contributed by atoms with Gasteiger partial charge in [0, 0.05) is 15.0 Å². The molecule has 0 atom stereocenters. The molecule has 0 radical (unpaired) electrons. The fraction of sp³-hybridized carbons (Fsp3) is 0.429. The van der Waals surface area contributed by atoms with Gasteiger partial charge in [0.1, 0.15) is 0 Å². The zero-order valence-corrected chi connectivity index (χ0v) is 18.9. The van der Waals surface area contributed by atoms with Crippen molar-refractivity contribution in [2.45, 2.75) is 78.1 Å². The van der Waals surface area contributed by atoms with E-state index < -0.39 is 0 Å². The summed E-state index contributed by atoms with van der Waals surface area (Å²) < 4.78 is 1.49. The standard InChI is InChI=1S/C28H34S/c1-3-5-7-9-15-24-26(16-10-8-6-4-2)29-27-18-17-23-19-21-13-11-12-14-22(21)20-25(23)28(24)27/h11-14,17-20H,3-10,15-16H2,1-2H3. The molecule has 0 aliphatic rings.